The highest BCUT2D eigenvalue weighted by Crippen LogP contribution is 2.61. The summed E-state index contributed by atoms with van der Waals surface area (Å²) >= 11 is 0. The van der Waals surface area contributed by atoms with E-state index in [4.69, 9.17) is 0 Å². The van der Waals surface area contributed by atoms with E-state index in [9.17, 15) is 0 Å². The molecule has 1 heteroatoms. The predicted molar refractivity (Wildman–Crippen MR) is 63.8 cm³/mol. The van der Waals surface area contributed by atoms with Crippen molar-refractivity contribution in [2.75, 3.05) is 0 Å². The van der Waals surface area contributed by atoms with Gasteiger partial charge in [-0.15, -0.1) is 0 Å². The van der Waals surface area contributed by atoms with Crippen LogP contribution in [0.25, 0.3) is 0 Å². The average Bonchev–Trinajstić information content (AvgIpc) is 2.20. The van der Waals surface area contributed by atoms with Crippen LogP contribution in [0.4, 0.5) is 0 Å². The molecular formula is C13H25N. The number of aliphatic imine (C=N–C) groups is 1. The molecule has 0 aromatic rings. The Bertz CT molecular complexity index is 207. The van der Waals surface area contributed by atoms with Crippen molar-refractivity contribution in [2.45, 2.75) is 53.5 Å². The molecule has 3 aliphatic carbocycles. The Kier molecular flexibility index (Phi) is 3.39. The van der Waals surface area contributed by atoms with Gasteiger partial charge in [-0.2, -0.15) is 0 Å². The maximum Gasteiger partial charge on any atom is 0.0523 e. The summed E-state index contributed by atoms with van der Waals surface area (Å²) in [4.78, 5) is 4.22. The van der Waals surface area contributed by atoms with Crippen LogP contribution in [0.1, 0.15) is 47.5 Å². The molecule has 0 amide bonds. The minimum Gasteiger partial charge on any atom is -0.297 e. The summed E-state index contributed by atoms with van der Waals surface area (Å²) in [6.45, 7) is 14.9. The lowest BCUT2D eigenvalue weighted by atomic mass is 9.45. The van der Waals surface area contributed by atoms with Crippen LogP contribution in [0.5, 0.6) is 0 Å². The Morgan fingerprint density at radius 1 is 1.21 bits per heavy atom. The van der Waals surface area contributed by atoms with Crippen LogP contribution in [0.2, 0.25) is 0 Å². The van der Waals surface area contributed by atoms with Gasteiger partial charge in [0.1, 0.15) is 0 Å². The van der Waals surface area contributed by atoms with E-state index in [1.165, 1.54) is 12.8 Å². The van der Waals surface area contributed by atoms with Crippen molar-refractivity contribution in [3.05, 3.63) is 0 Å². The summed E-state index contributed by atoms with van der Waals surface area (Å²) in [5, 5.41) is 0. The highest BCUT2D eigenvalue weighted by Gasteiger charge is 2.55. The Morgan fingerprint density at radius 2 is 1.79 bits per heavy atom. The number of hydrogen-bond donors (Lipinski definition) is 0. The lowest BCUT2D eigenvalue weighted by Crippen LogP contribution is -2.56. The lowest BCUT2D eigenvalue weighted by molar-refractivity contribution is -0.108. The van der Waals surface area contributed by atoms with Gasteiger partial charge in [-0.3, -0.25) is 4.99 Å². The van der Waals surface area contributed by atoms with Crippen LogP contribution >= 0.6 is 0 Å². The van der Waals surface area contributed by atoms with Gasteiger partial charge in [0.25, 0.3) is 0 Å². The quantitative estimate of drug-likeness (QED) is 0.565. The largest absolute Gasteiger partial charge is 0.297 e. The second-order valence-corrected chi connectivity index (χ2v) is 5.21. The summed E-state index contributed by atoms with van der Waals surface area (Å²) in [7, 11) is 0. The van der Waals surface area contributed by atoms with E-state index in [1.54, 1.807) is 0 Å². The second kappa shape index (κ2) is 4.04. The first-order chi connectivity index (χ1) is 6.57. The molecule has 0 spiro atoms. The van der Waals surface area contributed by atoms with Gasteiger partial charge in [0.15, 0.2) is 0 Å². The topological polar surface area (TPSA) is 12.4 Å². The van der Waals surface area contributed by atoms with E-state index in [0.29, 0.717) is 11.5 Å². The van der Waals surface area contributed by atoms with Gasteiger partial charge in [-0.25, -0.2) is 0 Å². The van der Waals surface area contributed by atoms with E-state index >= 15 is 0 Å². The third-order valence-corrected chi connectivity index (χ3v) is 4.55. The van der Waals surface area contributed by atoms with Gasteiger partial charge >= 0.3 is 0 Å². The van der Waals surface area contributed by atoms with E-state index < -0.39 is 0 Å². The molecule has 0 saturated heterocycles. The molecule has 1 nitrogen and oxygen atoms in total. The SMILES string of the molecule is C=N[C@H]1C[C@@H]2C[C@H]([C@@H]1C)C2(C)C.CC. The average molecular weight is 195 g/mol. The fourth-order valence-corrected chi connectivity index (χ4v) is 3.36. The van der Waals surface area contributed by atoms with Crippen LogP contribution < -0.4 is 0 Å². The van der Waals surface area contributed by atoms with Crippen molar-refractivity contribution in [1.29, 1.82) is 0 Å². The van der Waals surface area contributed by atoms with Crippen LogP contribution in [0.3, 0.4) is 0 Å². The summed E-state index contributed by atoms with van der Waals surface area (Å²) in [6.07, 6.45) is 2.73. The maximum absolute atomic E-state index is 4.22. The Balaban J connectivity index is 0.000000461. The molecular weight excluding hydrogens is 170 g/mol. The molecule has 0 aromatic carbocycles. The van der Waals surface area contributed by atoms with E-state index in [2.05, 4.69) is 32.5 Å². The highest BCUT2D eigenvalue weighted by molar-refractivity contribution is 5.25. The molecule has 3 fully saturated rings. The fourth-order valence-electron chi connectivity index (χ4n) is 3.36. The van der Waals surface area contributed by atoms with Crippen LogP contribution in [0, 0.1) is 23.2 Å². The second-order valence-electron chi connectivity index (χ2n) is 5.21. The number of fused-ring (bicyclic) bond motifs is 2. The van der Waals surface area contributed by atoms with Gasteiger partial charge in [0.05, 0.1) is 6.04 Å². The van der Waals surface area contributed by atoms with Crippen LogP contribution in [-0.4, -0.2) is 12.8 Å². The molecule has 4 atom stereocenters. The minimum atomic E-state index is 0.557. The monoisotopic (exact) mass is 195 g/mol. The zero-order valence-electron chi connectivity index (χ0n) is 10.4. The molecule has 0 heterocycles. The van der Waals surface area contributed by atoms with Crippen LogP contribution in [0.15, 0.2) is 4.99 Å². The summed E-state index contributed by atoms with van der Waals surface area (Å²) in [5.74, 6) is 2.60. The van der Waals surface area contributed by atoms with Gasteiger partial charge in [-0.1, -0.05) is 34.6 Å². The predicted octanol–water partition coefficient (Wildman–Crippen LogP) is 3.78. The molecule has 82 valence electrons. The van der Waals surface area contributed by atoms with Gasteiger partial charge in [-0.05, 0) is 42.7 Å². The Morgan fingerprint density at radius 3 is 2.14 bits per heavy atom. The Hall–Kier alpha value is -0.330. The van der Waals surface area contributed by atoms with Crippen molar-refractivity contribution in [3.63, 3.8) is 0 Å². The summed E-state index contributed by atoms with van der Waals surface area (Å²) in [6, 6.07) is 0.557. The molecule has 0 radical (unpaired) electrons. The lowest BCUT2D eigenvalue weighted by Gasteiger charge is -2.61. The number of rotatable bonds is 1. The third-order valence-electron chi connectivity index (χ3n) is 4.55. The first-order valence-electron chi connectivity index (χ1n) is 6.03. The standard InChI is InChI=1S/C11H19N.C2H6/c1-7-9-5-8(11(9,2)3)6-10(7)12-4;1-2/h7-10H,4-6H2,1-3H3;1-2H3/t7-,8-,9+,10-;/m0./s1. The third kappa shape index (κ3) is 1.51. The molecule has 0 N–H and O–H groups in total. The normalized spacial score (nSPS) is 42.9. The van der Waals surface area contributed by atoms with Gasteiger partial charge in [0.2, 0.25) is 0 Å². The molecule has 3 rings (SSSR count). The number of hydrogen-bond acceptors (Lipinski definition) is 1. The zero-order chi connectivity index (χ0) is 10.9. The van der Waals surface area contributed by atoms with Crippen molar-refractivity contribution < 1.29 is 0 Å². The molecule has 14 heavy (non-hydrogen) atoms. The molecule has 2 bridgehead atoms. The molecule has 0 aliphatic heterocycles. The first-order valence-corrected chi connectivity index (χ1v) is 6.03. The van der Waals surface area contributed by atoms with Crippen molar-refractivity contribution in [3.8, 4) is 0 Å². The molecule has 3 aliphatic rings. The fraction of sp³-hybridized carbons (Fsp3) is 0.923. The number of nitrogens with zero attached hydrogens (tertiary/aromatic N) is 1. The van der Waals surface area contributed by atoms with Crippen molar-refractivity contribution in [2.24, 2.45) is 28.2 Å². The first kappa shape index (κ1) is 11.7. The van der Waals surface area contributed by atoms with Crippen molar-refractivity contribution >= 4 is 6.72 Å². The van der Waals surface area contributed by atoms with Gasteiger partial charge in [0, 0.05) is 0 Å². The molecule has 0 aromatic heterocycles. The molecule has 3 saturated carbocycles. The van der Waals surface area contributed by atoms with Crippen molar-refractivity contribution in [1.82, 2.24) is 0 Å². The highest BCUT2D eigenvalue weighted by atomic mass is 14.8. The van der Waals surface area contributed by atoms with E-state index in [1.807, 2.05) is 13.8 Å². The Labute approximate surface area is 89.0 Å². The van der Waals surface area contributed by atoms with Crippen LogP contribution in [-0.2, 0) is 0 Å². The molecule has 0 unspecified atom stereocenters. The maximum atomic E-state index is 4.22. The summed E-state index contributed by atoms with van der Waals surface area (Å²) < 4.78 is 0. The summed E-state index contributed by atoms with van der Waals surface area (Å²) in [5.41, 5.74) is 0.598. The van der Waals surface area contributed by atoms with E-state index in [0.717, 1.165) is 17.8 Å². The zero-order valence-corrected chi connectivity index (χ0v) is 10.4. The smallest absolute Gasteiger partial charge is 0.0523 e. The van der Waals surface area contributed by atoms with Gasteiger partial charge < -0.3 is 0 Å². The van der Waals surface area contributed by atoms with E-state index in [-0.39, 0.29) is 0 Å². The minimum absolute atomic E-state index is 0.557.